The van der Waals surface area contributed by atoms with Gasteiger partial charge in [0.15, 0.2) is 0 Å². The minimum Gasteiger partial charge on any atom is -0.464 e. The number of aryl methyl sites for hydroxylation is 1. The Hall–Kier alpha value is -1.36. The molecule has 0 spiro atoms. The number of carbonyl (C=O) groups excluding carboxylic acids is 2. The van der Waals surface area contributed by atoms with Crippen LogP contribution < -0.4 is 0 Å². The first-order chi connectivity index (χ1) is 9.54. The molecule has 1 heterocycles. The van der Waals surface area contributed by atoms with E-state index in [2.05, 4.69) is 15.9 Å². The fourth-order valence-corrected chi connectivity index (χ4v) is 2.76. The molecule has 1 unspecified atom stereocenters. The molecule has 0 N–H and O–H groups in total. The van der Waals surface area contributed by atoms with E-state index in [1.165, 1.54) is 0 Å². The zero-order valence-corrected chi connectivity index (χ0v) is 13.3. The monoisotopic (exact) mass is 339 g/mol. The minimum atomic E-state index is -0.442. The third-order valence-corrected chi connectivity index (χ3v) is 4.35. The van der Waals surface area contributed by atoms with Crippen molar-refractivity contribution >= 4 is 27.8 Å². The van der Waals surface area contributed by atoms with E-state index in [1.807, 2.05) is 13.0 Å². The zero-order chi connectivity index (χ0) is 14.7. The molecule has 1 aliphatic heterocycles. The molecule has 108 valence electrons. The predicted octanol–water partition coefficient (Wildman–Crippen LogP) is 2.93. The molecular formula is C15H18BrNO3. The molecule has 0 aliphatic carbocycles. The van der Waals surface area contributed by atoms with Crippen molar-refractivity contribution < 1.29 is 14.3 Å². The fourth-order valence-electron chi connectivity index (χ4n) is 2.38. The Bertz CT molecular complexity index is 530. The Balaban J connectivity index is 2.18. The van der Waals surface area contributed by atoms with Gasteiger partial charge in [0.1, 0.15) is 6.04 Å². The number of rotatable bonds is 3. The van der Waals surface area contributed by atoms with Crippen molar-refractivity contribution in [3.63, 3.8) is 0 Å². The van der Waals surface area contributed by atoms with Crippen LogP contribution in [0.4, 0.5) is 0 Å². The minimum absolute atomic E-state index is 0.110. The van der Waals surface area contributed by atoms with Crippen LogP contribution in [-0.2, 0) is 9.53 Å². The Morgan fingerprint density at radius 1 is 1.45 bits per heavy atom. The second-order valence-electron chi connectivity index (χ2n) is 4.87. The summed E-state index contributed by atoms with van der Waals surface area (Å²) in [6, 6.07) is 5.05. The number of ether oxygens (including phenoxy) is 1. The van der Waals surface area contributed by atoms with Crippen LogP contribution in [0.1, 0.15) is 35.7 Å². The zero-order valence-electron chi connectivity index (χ0n) is 11.7. The summed E-state index contributed by atoms with van der Waals surface area (Å²) in [5.74, 6) is -0.411. The number of nitrogens with zero attached hydrogens (tertiary/aromatic N) is 1. The van der Waals surface area contributed by atoms with Gasteiger partial charge in [0, 0.05) is 16.6 Å². The molecule has 4 nitrogen and oxygen atoms in total. The van der Waals surface area contributed by atoms with E-state index in [0.29, 0.717) is 25.1 Å². The summed E-state index contributed by atoms with van der Waals surface area (Å²) in [5.41, 5.74) is 1.67. The Morgan fingerprint density at radius 2 is 2.20 bits per heavy atom. The molecule has 1 fully saturated rings. The number of hydrogen-bond donors (Lipinski definition) is 0. The molecule has 1 aromatic rings. The van der Waals surface area contributed by atoms with Crippen LogP contribution in [0.2, 0.25) is 0 Å². The lowest BCUT2D eigenvalue weighted by atomic mass is 10.1. The molecule has 1 saturated heterocycles. The van der Waals surface area contributed by atoms with Crippen LogP contribution in [0.5, 0.6) is 0 Å². The number of amides is 1. The van der Waals surface area contributed by atoms with E-state index in [0.717, 1.165) is 16.5 Å². The average Bonchev–Trinajstić information content (AvgIpc) is 2.90. The Morgan fingerprint density at radius 3 is 2.85 bits per heavy atom. The largest absolute Gasteiger partial charge is 0.464 e. The number of carbonyl (C=O) groups is 2. The second-order valence-corrected chi connectivity index (χ2v) is 5.73. The molecule has 1 aromatic carbocycles. The van der Waals surface area contributed by atoms with Crippen molar-refractivity contribution in [2.24, 2.45) is 0 Å². The second kappa shape index (κ2) is 6.39. The maximum atomic E-state index is 12.5. The Kier molecular flexibility index (Phi) is 4.81. The summed E-state index contributed by atoms with van der Waals surface area (Å²) < 4.78 is 5.94. The third-order valence-electron chi connectivity index (χ3n) is 3.49. The SMILES string of the molecule is CCOC(=O)C1CCCN1C(=O)c1ccc(C)c(Br)c1. The lowest BCUT2D eigenvalue weighted by Crippen LogP contribution is -2.41. The van der Waals surface area contributed by atoms with Crippen LogP contribution >= 0.6 is 15.9 Å². The topological polar surface area (TPSA) is 46.6 Å². The molecule has 0 saturated carbocycles. The van der Waals surface area contributed by atoms with Crippen molar-refractivity contribution in [3.05, 3.63) is 33.8 Å². The van der Waals surface area contributed by atoms with Crippen molar-refractivity contribution in [1.29, 1.82) is 0 Å². The maximum Gasteiger partial charge on any atom is 0.328 e. The van der Waals surface area contributed by atoms with E-state index in [-0.39, 0.29) is 11.9 Å². The summed E-state index contributed by atoms with van der Waals surface area (Å²) in [5, 5.41) is 0. The summed E-state index contributed by atoms with van der Waals surface area (Å²) in [6.07, 6.45) is 1.51. The van der Waals surface area contributed by atoms with Crippen molar-refractivity contribution in [1.82, 2.24) is 4.90 Å². The maximum absolute atomic E-state index is 12.5. The van der Waals surface area contributed by atoms with Gasteiger partial charge >= 0.3 is 5.97 Å². The van der Waals surface area contributed by atoms with Crippen molar-refractivity contribution in [2.75, 3.05) is 13.2 Å². The van der Waals surface area contributed by atoms with Gasteiger partial charge in [-0.25, -0.2) is 4.79 Å². The summed E-state index contributed by atoms with van der Waals surface area (Å²) in [7, 11) is 0. The number of esters is 1. The smallest absolute Gasteiger partial charge is 0.328 e. The standard InChI is InChI=1S/C15H18BrNO3/c1-3-20-15(19)13-5-4-8-17(13)14(18)11-7-6-10(2)12(16)9-11/h6-7,9,13H,3-5,8H2,1-2H3. The van der Waals surface area contributed by atoms with Gasteiger partial charge in [-0.2, -0.15) is 0 Å². The summed E-state index contributed by atoms with van der Waals surface area (Å²) in [6.45, 7) is 4.69. The van der Waals surface area contributed by atoms with Gasteiger partial charge in [0.05, 0.1) is 6.61 Å². The number of likely N-dealkylation sites (tertiary alicyclic amines) is 1. The van der Waals surface area contributed by atoms with E-state index in [9.17, 15) is 9.59 Å². The van der Waals surface area contributed by atoms with Crippen LogP contribution in [-0.4, -0.2) is 36.0 Å². The van der Waals surface area contributed by atoms with Gasteiger partial charge in [0.25, 0.3) is 5.91 Å². The molecule has 20 heavy (non-hydrogen) atoms. The molecule has 0 bridgehead atoms. The van der Waals surface area contributed by atoms with Crippen LogP contribution in [0, 0.1) is 6.92 Å². The third kappa shape index (κ3) is 3.03. The highest BCUT2D eigenvalue weighted by atomic mass is 79.9. The first-order valence-corrected chi connectivity index (χ1v) is 7.57. The molecule has 0 aromatic heterocycles. The highest BCUT2D eigenvalue weighted by Crippen LogP contribution is 2.24. The number of halogens is 1. The van der Waals surface area contributed by atoms with Gasteiger partial charge in [-0.1, -0.05) is 22.0 Å². The van der Waals surface area contributed by atoms with E-state index >= 15 is 0 Å². The lowest BCUT2D eigenvalue weighted by molar-refractivity contribution is -0.147. The average molecular weight is 340 g/mol. The van der Waals surface area contributed by atoms with Gasteiger partial charge in [-0.15, -0.1) is 0 Å². The normalized spacial score (nSPS) is 18.1. The highest BCUT2D eigenvalue weighted by molar-refractivity contribution is 9.10. The van der Waals surface area contributed by atoms with Crippen LogP contribution in [0.3, 0.4) is 0 Å². The van der Waals surface area contributed by atoms with E-state index < -0.39 is 6.04 Å². The van der Waals surface area contributed by atoms with Gasteiger partial charge in [-0.3, -0.25) is 4.79 Å². The summed E-state index contributed by atoms with van der Waals surface area (Å²) >= 11 is 3.43. The number of benzene rings is 1. The van der Waals surface area contributed by atoms with Gasteiger partial charge < -0.3 is 9.64 Å². The van der Waals surface area contributed by atoms with Crippen LogP contribution in [0.15, 0.2) is 22.7 Å². The number of hydrogen-bond acceptors (Lipinski definition) is 3. The van der Waals surface area contributed by atoms with Crippen molar-refractivity contribution in [3.8, 4) is 0 Å². The van der Waals surface area contributed by atoms with Gasteiger partial charge in [-0.05, 0) is 44.4 Å². The van der Waals surface area contributed by atoms with Crippen molar-refractivity contribution in [2.45, 2.75) is 32.7 Å². The molecular weight excluding hydrogens is 322 g/mol. The molecule has 1 amide bonds. The first-order valence-electron chi connectivity index (χ1n) is 6.78. The lowest BCUT2D eigenvalue weighted by Gasteiger charge is -2.23. The fraction of sp³-hybridized carbons (Fsp3) is 0.467. The highest BCUT2D eigenvalue weighted by Gasteiger charge is 2.35. The molecule has 0 radical (unpaired) electrons. The first kappa shape index (κ1) is 15.0. The van der Waals surface area contributed by atoms with E-state index in [1.54, 1.807) is 24.0 Å². The molecule has 2 rings (SSSR count). The van der Waals surface area contributed by atoms with Gasteiger partial charge in [0.2, 0.25) is 0 Å². The predicted molar refractivity (Wildman–Crippen MR) is 79.6 cm³/mol. The molecule has 1 aliphatic rings. The quantitative estimate of drug-likeness (QED) is 0.795. The van der Waals surface area contributed by atoms with Crippen LogP contribution in [0.25, 0.3) is 0 Å². The molecule has 5 heteroatoms. The summed E-state index contributed by atoms with van der Waals surface area (Å²) in [4.78, 5) is 26.0. The molecule has 1 atom stereocenters. The van der Waals surface area contributed by atoms with E-state index in [4.69, 9.17) is 4.74 Å². The Labute approximate surface area is 127 Å².